The van der Waals surface area contributed by atoms with E-state index < -0.39 is 23.0 Å². The minimum Gasteiger partial charge on any atom is -0.487 e. The van der Waals surface area contributed by atoms with Crippen molar-refractivity contribution in [1.29, 1.82) is 0 Å². The molecule has 1 aliphatic rings. The highest BCUT2D eigenvalue weighted by atomic mass is 16.6. The average molecular weight is 363 g/mol. The molecule has 0 saturated carbocycles. The molecule has 0 bridgehead atoms. The van der Waals surface area contributed by atoms with E-state index in [9.17, 15) is 19.7 Å². The molecule has 140 valence electrons. The molecule has 1 aromatic rings. The van der Waals surface area contributed by atoms with Crippen LogP contribution in [0.2, 0.25) is 0 Å². The molecule has 26 heavy (non-hydrogen) atoms. The van der Waals surface area contributed by atoms with Crippen molar-refractivity contribution >= 4 is 17.7 Å². The van der Waals surface area contributed by atoms with Gasteiger partial charge < -0.3 is 20.1 Å². The van der Waals surface area contributed by atoms with Crippen LogP contribution in [0.1, 0.15) is 38.8 Å². The fourth-order valence-corrected chi connectivity index (χ4v) is 2.73. The number of allylic oxidation sites excluding steroid dienone is 1. The Morgan fingerprint density at radius 1 is 1.27 bits per heavy atom. The van der Waals surface area contributed by atoms with Crippen molar-refractivity contribution in [3.8, 4) is 5.75 Å². The summed E-state index contributed by atoms with van der Waals surface area (Å²) in [6, 6.07) is 3.00. The van der Waals surface area contributed by atoms with Crippen LogP contribution in [0.4, 0.5) is 10.5 Å². The summed E-state index contributed by atoms with van der Waals surface area (Å²) in [5.41, 5.74) is 0.809. The lowest BCUT2D eigenvalue weighted by molar-refractivity contribution is -0.385. The number of nitro groups is 1. The van der Waals surface area contributed by atoms with Crippen LogP contribution in [0.15, 0.2) is 29.5 Å². The molecule has 0 fully saturated rings. The topological polar surface area (TPSA) is 120 Å². The molecule has 2 N–H and O–H groups in total. The summed E-state index contributed by atoms with van der Waals surface area (Å²) in [4.78, 5) is 35.2. The Hall–Kier alpha value is -3.10. The summed E-state index contributed by atoms with van der Waals surface area (Å²) in [5.74, 6) is -0.461. The minimum atomic E-state index is -0.855. The van der Waals surface area contributed by atoms with E-state index in [4.69, 9.17) is 9.47 Å². The molecule has 2 amide bonds. The number of carbonyl (C=O) groups is 2. The highest BCUT2D eigenvalue weighted by molar-refractivity contribution is 5.95. The number of nitro benzene ring substituents is 1. The van der Waals surface area contributed by atoms with Gasteiger partial charge in [-0.15, -0.1) is 0 Å². The van der Waals surface area contributed by atoms with Gasteiger partial charge in [-0.05, 0) is 31.9 Å². The highest BCUT2D eigenvalue weighted by Gasteiger charge is 2.34. The van der Waals surface area contributed by atoms with Crippen molar-refractivity contribution < 1.29 is 24.0 Å². The first-order chi connectivity index (χ1) is 12.4. The SMILES string of the molecule is CCOC(=O)C1=C(CC)NC(=O)NC1c1ccc(OCC)c([N+](=O)[O-])c1. The van der Waals surface area contributed by atoms with Crippen LogP contribution in [0, 0.1) is 10.1 Å². The van der Waals surface area contributed by atoms with Gasteiger partial charge in [0.2, 0.25) is 0 Å². The first kappa shape index (κ1) is 19.2. The van der Waals surface area contributed by atoms with Crippen LogP contribution in [0.5, 0.6) is 5.75 Å². The first-order valence-electron chi connectivity index (χ1n) is 8.31. The zero-order chi connectivity index (χ0) is 19.3. The van der Waals surface area contributed by atoms with Gasteiger partial charge in [0.25, 0.3) is 0 Å². The third-order valence-electron chi connectivity index (χ3n) is 3.82. The van der Waals surface area contributed by atoms with E-state index >= 15 is 0 Å². The molecule has 0 saturated heterocycles. The molecular formula is C17H21N3O6. The first-order valence-corrected chi connectivity index (χ1v) is 8.31. The van der Waals surface area contributed by atoms with E-state index in [0.29, 0.717) is 17.7 Å². The lowest BCUT2D eigenvalue weighted by Crippen LogP contribution is -2.45. The maximum atomic E-state index is 12.4. The molecule has 1 atom stereocenters. The van der Waals surface area contributed by atoms with Gasteiger partial charge in [0.1, 0.15) is 0 Å². The fraction of sp³-hybridized carbons (Fsp3) is 0.412. The number of nitrogens with one attached hydrogen (secondary N) is 2. The summed E-state index contributed by atoms with van der Waals surface area (Å²) >= 11 is 0. The van der Waals surface area contributed by atoms with E-state index in [1.807, 2.05) is 0 Å². The van der Waals surface area contributed by atoms with Crippen molar-refractivity contribution in [3.05, 3.63) is 45.1 Å². The molecule has 9 heteroatoms. The molecule has 9 nitrogen and oxygen atoms in total. The number of carbonyl (C=O) groups excluding carboxylic acids is 2. The van der Waals surface area contributed by atoms with Crippen LogP contribution in [0.3, 0.4) is 0 Å². The van der Waals surface area contributed by atoms with Crippen molar-refractivity contribution in [2.75, 3.05) is 13.2 Å². The molecule has 1 aliphatic heterocycles. The van der Waals surface area contributed by atoms with Crippen LogP contribution >= 0.6 is 0 Å². The summed E-state index contributed by atoms with van der Waals surface area (Å²) in [6.45, 7) is 5.63. The number of ether oxygens (including phenoxy) is 2. The molecule has 2 rings (SSSR count). The van der Waals surface area contributed by atoms with Crippen LogP contribution in [0.25, 0.3) is 0 Å². The Kier molecular flexibility index (Phi) is 6.16. The van der Waals surface area contributed by atoms with Gasteiger partial charge in [0, 0.05) is 11.8 Å². The normalized spacial score (nSPS) is 16.6. The van der Waals surface area contributed by atoms with E-state index in [1.54, 1.807) is 26.8 Å². The molecular weight excluding hydrogens is 342 g/mol. The quantitative estimate of drug-likeness (QED) is 0.436. The lowest BCUT2D eigenvalue weighted by Gasteiger charge is -2.29. The summed E-state index contributed by atoms with van der Waals surface area (Å²) in [5, 5.41) is 16.6. The standard InChI is InChI=1S/C17H21N3O6/c1-4-11-14(16(21)26-6-3)15(19-17(22)18-11)10-7-8-13(25-5-2)12(9-10)20(23)24/h7-9,15H,4-6H2,1-3H3,(H2,18,19,22). The molecule has 1 unspecified atom stereocenters. The number of hydrogen-bond acceptors (Lipinski definition) is 6. The predicted molar refractivity (Wildman–Crippen MR) is 92.6 cm³/mol. The highest BCUT2D eigenvalue weighted by Crippen LogP contribution is 2.34. The van der Waals surface area contributed by atoms with Crippen molar-refractivity contribution in [2.45, 2.75) is 33.2 Å². The number of urea groups is 1. The zero-order valence-corrected chi connectivity index (χ0v) is 14.8. The molecule has 0 spiro atoms. The lowest BCUT2D eigenvalue weighted by atomic mass is 9.94. The smallest absolute Gasteiger partial charge is 0.338 e. The van der Waals surface area contributed by atoms with E-state index in [2.05, 4.69) is 10.6 Å². The third-order valence-corrected chi connectivity index (χ3v) is 3.82. The van der Waals surface area contributed by atoms with Gasteiger partial charge in [0.15, 0.2) is 5.75 Å². The van der Waals surface area contributed by atoms with Gasteiger partial charge in [-0.2, -0.15) is 0 Å². The van der Waals surface area contributed by atoms with Crippen molar-refractivity contribution in [1.82, 2.24) is 10.6 Å². The number of amides is 2. The second-order valence-corrected chi connectivity index (χ2v) is 5.42. The van der Waals surface area contributed by atoms with Gasteiger partial charge >= 0.3 is 17.7 Å². The number of esters is 1. The van der Waals surface area contributed by atoms with Gasteiger partial charge in [-0.3, -0.25) is 10.1 Å². The summed E-state index contributed by atoms with van der Waals surface area (Å²) in [7, 11) is 0. The Balaban J connectivity index is 2.55. The molecule has 0 aliphatic carbocycles. The largest absolute Gasteiger partial charge is 0.487 e. The number of nitrogens with zero attached hydrogens (tertiary/aromatic N) is 1. The van der Waals surface area contributed by atoms with Crippen LogP contribution in [-0.4, -0.2) is 30.1 Å². The third kappa shape index (κ3) is 3.93. The number of benzene rings is 1. The average Bonchev–Trinajstić information content (AvgIpc) is 2.61. The zero-order valence-electron chi connectivity index (χ0n) is 14.8. The maximum Gasteiger partial charge on any atom is 0.338 e. The Morgan fingerprint density at radius 3 is 2.58 bits per heavy atom. The molecule has 1 heterocycles. The van der Waals surface area contributed by atoms with Gasteiger partial charge in [0.05, 0.1) is 29.8 Å². The summed E-state index contributed by atoms with van der Waals surface area (Å²) < 4.78 is 10.4. The Labute approximate surface area is 150 Å². The van der Waals surface area contributed by atoms with Gasteiger partial charge in [-0.25, -0.2) is 9.59 Å². The number of hydrogen-bond donors (Lipinski definition) is 2. The summed E-state index contributed by atoms with van der Waals surface area (Å²) in [6.07, 6.45) is 0.400. The van der Waals surface area contributed by atoms with Gasteiger partial charge in [-0.1, -0.05) is 13.0 Å². The Morgan fingerprint density at radius 2 is 2.00 bits per heavy atom. The molecule has 0 aromatic heterocycles. The maximum absolute atomic E-state index is 12.4. The van der Waals surface area contributed by atoms with Crippen LogP contribution in [-0.2, 0) is 9.53 Å². The monoisotopic (exact) mass is 363 g/mol. The molecule has 0 radical (unpaired) electrons. The predicted octanol–water partition coefficient (Wildman–Crippen LogP) is 2.57. The fourth-order valence-electron chi connectivity index (χ4n) is 2.73. The van der Waals surface area contributed by atoms with E-state index in [0.717, 1.165) is 0 Å². The number of rotatable bonds is 7. The van der Waals surface area contributed by atoms with Crippen LogP contribution < -0.4 is 15.4 Å². The van der Waals surface area contributed by atoms with Crippen molar-refractivity contribution in [3.63, 3.8) is 0 Å². The van der Waals surface area contributed by atoms with E-state index in [-0.39, 0.29) is 30.2 Å². The van der Waals surface area contributed by atoms with Crippen molar-refractivity contribution in [2.24, 2.45) is 0 Å². The second kappa shape index (κ2) is 8.32. The Bertz CT molecular complexity index is 759. The minimum absolute atomic E-state index is 0.124. The van der Waals surface area contributed by atoms with E-state index in [1.165, 1.54) is 12.1 Å². The molecule has 1 aromatic carbocycles. The second-order valence-electron chi connectivity index (χ2n) is 5.42.